The number of alkyl halides is 3. The molecule has 0 saturated carbocycles. The molecule has 0 bridgehead atoms. The topological polar surface area (TPSA) is 61.4 Å². The van der Waals surface area contributed by atoms with Crippen LogP contribution in [0.3, 0.4) is 0 Å². The molecule has 2 N–H and O–H groups in total. The van der Waals surface area contributed by atoms with E-state index in [1.807, 2.05) is 13.2 Å². The number of hydrogen-bond acceptors (Lipinski definition) is 3. The summed E-state index contributed by atoms with van der Waals surface area (Å²) in [6.45, 7) is 3.64. The highest BCUT2D eigenvalue weighted by Crippen LogP contribution is 2.32. The number of piperidine rings is 1. The van der Waals surface area contributed by atoms with E-state index < -0.39 is 17.8 Å². The predicted octanol–water partition coefficient (Wildman–Crippen LogP) is 4.45. The van der Waals surface area contributed by atoms with Gasteiger partial charge in [-0.25, -0.2) is 4.79 Å². The fraction of sp³-hybridized carbons (Fsp3) is 0.600. The Kier molecular flexibility index (Phi) is 8.67. The quantitative estimate of drug-likeness (QED) is 0.627. The van der Waals surface area contributed by atoms with Gasteiger partial charge in [0.2, 0.25) is 5.91 Å². The van der Waals surface area contributed by atoms with Gasteiger partial charge in [-0.05, 0) is 42.7 Å². The number of hydrogen-bond donors (Lipinski definition) is 2. The third-order valence-corrected chi connectivity index (χ3v) is 5.83. The minimum Gasteiger partial charge on any atom is -0.355 e. The first kappa shape index (κ1) is 23.4. The molecule has 0 unspecified atom stereocenters. The fourth-order valence-corrected chi connectivity index (χ4v) is 3.88. The molecule has 1 aliphatic heterocycles. The molecule has 2 rings (SSSR count). The molecule has 1 saturated heterocycles. The molecule has 0 aromatic heterocycles. The average Bonchev–Trinajstić information content (AvgIpc) is 2.68. The Morgan fingerprint density at radius 1 is 1.28 bits per heavy atom. The summed E-state index contributed by atoms with van der Waals surface area (Å²) in [6, 6.07) is 4.20. The Balaban J connectivity index is 1.91. The van der Waals surface area contributed by atoms with Gasteiger partial charge in [0.15, 0.2) is 0 Å². The number of benzene rings is 1. The van der Waals surface area contributed by atoms with E-state index in [0.29, 0.717) is 32.5 Å². The Labute approximate surface area is 173 Å². The van der Waals surface area contributed by atoms with Gasteiger partial charge in [-0.15, -0.1) is 0 Å². The highest BCUT2D eigenvalue weighted by atomic mass is 32.2. The van der Waals surface area contributed by atoms with E-state index in [1.165, 1.54) is 12.1 Å². The zero-order valence-electron chi connectivity index (χ0n) is 16.7. The Morgan fingerprint density at radius 3 is 2.69 bits per heavy atom. The minimum atomic E-state index is -4.46. The number of carbonyl (C=O) groups excluding carboxylic acids is 2. The Bertz CT molecular complexity index is 700. The molecular formula is C20H28F3N3O2S. The third kappa shape index (κ3) is 7.13. The summed E-state index contributed by atoms with van der Waals surface area (Å²) in [6.07, 6.45) is -0.501. The van der Waals surface area contributed by atoms with Gasteiger partial charge in [-0.3, -0.25) is 4.79 Å². The molecule has 29 heavy (non-hydrogen) atoms. The van der Waals surface area contributed by atoms with Crippen LogP contribution in [-0.2, 0) is 11.0 Å². The summed E-state index contributed by atoms with van der Waals surface area (Å²) < 4.78 is 38.5. The van der Waals surface area contributed by atoms with Gasteiger partial charge in [0.05, 0.1) is 5.56 Å². The molecule has 1 heterocycles. The molecule has 0 spiro atoms. The van der Waals surface area contributed by atoms with Crippen LogP contribution >= 0.6 is 11.8 Å². The van der Waals surface area contributed by atoms with E-state index in [-0.39, 0.29) is 23.4 Å². The lowest BCUT2D eigenvalue weighted by Crippen LogP contribution is -2.46. The monoisotopic (exact) mass is 431 g/mol. The second-order valence-electron chi connectivity index (χ2n) is 7.22. The van der Waals surface area contributed by atoms with Crippen LogP contribution in [0.2, 0.25) is 0 Å². The first-order valence-corrected chi connectivity index (χ1v) is 11.1. The normalized spacial score (nSPS) is 19.7. The second kappa shape index (κ2) is 10.8. The molecule has 0 aliphatic carbocycles. The van der Waals surface area contributed by atoms with Gasteiger partial charge in [-0.1, -0.05) is 19.4 Å². The van der Waals surface area contributed by atoms with E-state index in [0.717, 1.165) is 24.3 Å². The van der Waals surface area contributed by atoms with E-state index in [4.69, 9.17) is 0 Å². The predicted molar refractivity (Wildman–Crippen MR) is 110 cm³/mol. The molecule has 1 aliphatic rings. The van der Waals surface area contributed by atoms with Crippen molar-refractivity contribution in [2.45, 2.75) is 32.4 Å². The van der Waals surface area contributed by atoms with Crippen molar-refractivity contribution in [3.05, 3.63) is 29.8 Å². The molecular weight excluding hydrogens is 403 g/mol. The molecule has 3 amide bonds. The number of likely N-dealkylation sites (tertiary alicyclic amines) is 1. The van der Waals surface area contributed by atoms with Crippen molar-refractivity contribution >= 4 is 29.4 Å². The highest BCUT2D eigenvalue weighted by Gasteiger charge is 2.33. The molecule has 0 radical (unpaired) electrons. The summed E-state index contributed by atoms with van der Waals surface area (Å²) in [5.74, 6) is 1.29. The minimum absolute atomic E-state index is 0.0318. The van der Waals surface area contributed by atoms with Crippen molar-refractivity contribution in [1.29, 1.82) is 0 Å². The van der Waals surface area contributed by atoms with E-state index in [1.54, 1.807) is 16.7 Å². The zero-order valence-corrected chi connectivity index (χ0v) is 17.5. The Morgan fingerprint density at radius 2 is 2.03 bits per heavy atom. The van der Waals surface area contributed by atoms with Crippen molar-refractivity contribution in [3.8, 4) is 0 Å². The molecule has 1 aromatic carbocycles. The lowest BCUT2D eigenvalue weighted by Gasteiger charge is -2.38. The van der Waals surface area contributed by atoms with Crippen molar-refractivity contribution in [3.63, 3.8) is 0 Å². The van der Waals surface area contributed by atoms with Crippen molar-refractivity contribution in [2.75, 3.05) is 37.0 Å². The fourth-order valence-electron chi connectivity index (χ4n) is 3.58. The maximum atomic E-state index is 12.8. The van der Waals surface area contributed by atoms with Crippen LogP contribution < -0.4 is 10.6 Å². The largest absolute Gasteiger partial charge is 0.416 e. The summed E-state index contributed by atoms with van der Waals surface area (Å²) in [5, 5.41) is 5.48. The number of amides is 3. The van der Waals surface area contributed by atoms with Gasteiger partial charge < -0.3 is 15.5 Å². The number of nitrogens with zero attached hydrogens (tertiary/aromatic N) is 1. The lowest BCUT2D eigenvalue weighted by molar-refractivity contribution is -0.137. The second-order valence-corrected chi connectivity index (χ2v) is 8.20. The summed E-state index contributed by atoms with van der Waals surface area (Å²) in [4.78, 5) is 26.3. The van der Waals surface area contributed by atoms with E-state index in [9.17, 15) is 22.8 Å². The van der Waals surface area contributed by atoms with Crippen LogP contribution in [0.4, 0.5) is 23.7 Å². The van der Waals surface area contributed by atoms with Crippen LogP contribution in [0.15, 0.2) is 24.3 Å². The van der Waals surface area contributed by atoms with Crippen molar-refractivity contribution in [2.24, 2.45) is 11.8 Å². The van der Waals surface area contributed by atoms with Gasteiger partial charge in [-0.2, -0.15) is 24.9 Å². The number of rotatable bonds is 7. The summed E-state index contributed by atoms with van der Waals surface area (Å²) in [7, 11) is 0. The molecule has 5 nitrogen and oxygen atoms in total. The third-order valence-electron chi connectivity index (χ3n) is 5.22. The van der Waals surface area contributed by atoms with Crippen LogP contribution in [0, 0.1) is 11.8 Å². The number of thioether (sulfide) groups is 1. The van der Waals surface area contributed by atoms with Gasteiger partial charge in [0.25, 0.3) is 0 Å². The number of anilines is 1. The highest BCUT2D eigenvalue weighted by molar-refractivity contribution is 7.98. The molecule has 1 aromatic rings. The van der Waals surface area contributed by atoms with Gasteiger partial charge in [0.1, 0.15) is 0 Å². The average molecular weight is 432 g/mol. The molecule has 2 atom stereocenters. The van der Waals surface area contributed by atoms with Crippen LogP contribution in [0.25, 0.3) is 0 Å². The van der Waals surface area contributed by atoms with Crippen LogP contribution in [0.1, 0.15) is 31.7 Å². The van der Waals surface area contributed by atoms with Crippen molar-refractivity contribution in [1.82, 2.24) is 10.2 Å². The van der Waals surface area contributed by atoms with Gasteiger partial charge >= 0.3 is 12.2 Å². The number of urea groups is 1. The van der Waals surface area contributed by atoms with Crippen LogP contribution in [-0.4, -0.2) is 48.5 Å². The Hall–Kier alpha value is -1.90. The zero-order chi connectivity index (χ0) is 21.4. The smallest absolute Gasteiger partial charge is 0.355 e. The maximum Gasteiger partial charge on any atom is 0.416 e. The summed E-state index contributed by atoms with van der Waals surface area (Å²) in [5.41, 5.74) is -0.680. The number of carbonyl (C=O) groups is 2. The first-order valence-electron chi connectivity index (χ1n) is 9.73. The standard InChI is InChI=1S/C20H28F3N3O2S/c1-3-14-13-26(9-7-15(14)11-18(27)24-8-10-29-2)19(28)25-17-6-4-5-16(12-17)20(21,22)23/h4-6,12,14-15H,3,7-11,13H2,1-2H3,(H,24,27)(H,25,28)/t14-,15+/m1/s1. The maximum absolute atomic E-state index is 12.8. The van der Waals surface area contributed by atoms with Gasteiger partial charge in [0, 0.05) is 37.5 Å². The van der Waals surface area contributed by atoms with E-state index in [2.05, 4.69) is 10.6 Å². The number of halogens is 3. The SMILES string of the molecule is CC[C@@H]1CN(C(=O)Nc2cccc(C(F)(F)F)c2)CC[C@H]1CC(=O)NCCSC. The van der Waals surface area contributed by atoms with Crippen LogP contribution in [0.5, 0.6) is 0 Å². The lowest BCUT2D eigenvalue weighted by atomic mass is 9.81. The number of nitrogens with one attached hydrogen (secondary N) is 2. The van der Waals surface area contributed by atoms with Crippen molar-refractivity contribution < 1.29 is 22.8 Å². The summed E-state index contributed by atoms with van der Waals surface area (Å²) >= 11 is 1.67. The first-order chi connectivity index (χ1) is 13.7. The molecule has 9 heteroatoms. The molecule has 162 valence electrons. The van der Waals surface area contributed by atoms with E-state index >= 15 is 0 Å². The molecule has 1 fully saturated rings.